The summed E-state index contributed by atoms with van der Waals surface area (Å²) in [7, 11) is 0. The number of hydrogen-bond donors (Lipinski definition) is 2. The fourth-order valence-corrected chi connectivity index (χ4v) is 2.25. The Hall–Kier alpha value is -1.79. The third kappa shape index (κ3) is 5.61. The third-order valence-corrected chi connectivity index (χ3v) is 3.45. The molecule has 1 saturated heterocycles. The van der Waals surface area contributed by atoms with Crippen molar-refractivity contribution in [2.75, 3.05) is 26.2 Å². The van der Waals surface area contributed by atoms with Gasteiger partial charge in [-0.3, -0.25) is 9.59 Å². The summed E-state index contributed by atoms with van der Waals surface area (Å²) < 4.78 is 0. The molecule has 0 bridgehead atoms. The zero-order chi connectivity index (χ0) is 16.0. The topological polar surface area (TPSA) is 90.0 Å². The zero-order valence-corrected chi connectivity index (χ0v) is 13.0. The first-order valence-corrected chi connectivity index (χ1v) is 7.27. The van der Waals surface area contributed by atoms with Gasteiger partial charge < -0.3 is 20.2 Å². The van der Waals surface area contributed by atoms with Crippen LogP contribution in [0.15, 0.2) is 0 Å². The van der Waals surface area contributed by atoms with Crippen LogP contribution >= 0.6 is 0 Å². The monoisotopic (exact) mass is 299 g/mol. The number of hydrogen-bond acceptors (Lipinski definition) is 3. The summed E-state index contributed by atoms with van der Waals surface area (Å²) in [5.74, 6) is -1.20. The van der Waals surface area contributed by atoms with Crippen molar-refractivity contribution in [3.05, 3.63) is 0 Å². The van der Waals surface area contributed by atoms with Crippen molar-refractivity contribution in [3.8, 4) is 0 Å². The van der Waals surface area contributed by atoms with Crippen molar-refractivity contribution >= 4 is 17.9 Å². The van der Waals surface area contributed by atoms with E-state index in [9.17, 15) is 14.4 Å². The van der Waals surface area contributed by atoms with Gasteiger partial charge in [-0.25, -0.2) is 4.79 Å². The van der Waals surface area contributed by atoms with Crippen molar-refractivity contribution in [1.29, 1.82) is 0 Å². The maximum Gasteiger partial charge on any atom is 0.323 e. The van der Waals surface area contributed by atoms with E-state index in [-0.39, 0.29) is 12.5 Å². The number of likely N-dealkylation sites (tertiary alicyclic amines) is 1. The Balaban J connectivity index is 2.53. The molecule has 3 amide bonds. The summed E-state index contributed by atoms with van der Waals surface area (Å²) in [6.07, 6.45) is 3.12. The summed E-state index contributed by atoms with van der Waals surface area (Å²) >= 11 is 0. The molecule has 0 aromatic rings. The molecule has 120 valence electrons. The van der Waals surface area contributed by atoms with Gasteiger partial charge in [0.1, 0.15) is 6.54 Å². The Morgan fingerprint density at radius 2 is 1.71 bits per heavy atom. The van der Waals surface area contributed by atoms with Crippen molar-refractivity contribution in [3.63, 3.8) is 0 Å². The molecular weight excluding hydrogens is 274 g/mol. The fourth-order valence-electron chi connectivity index (χ4n) is 2.25. The largest absolute Gasteiger partial charge is 0.480 e. The second-order valence-corrected chi connectivity index (χ2v) is 6.25. The Labute approximate surface area is 125 Å². The van der Waals surface area contributed by atoms with E-state index in [1.54, 1.807) is 25.7 Å². The fraction of sp³-hybridized carbons (Fsp3) is 0.786. The highest BCUT2D eigenvalue weighted by atomic mass is 16.4. The number of piperidine rings is 1. The summed E-state index contributed by atoms with van der Waals surface area (Å²) in [6.45, 7) is 6.23. The van der Waals surface area contributed by atoms with Gasteiger partial charge in [-0.2, -0.15) is 0 Å². The Morgan fingerprint density at radius 1 is 1.14 bits per heavy atom. The number of carboxylic acids is 1. The molecule has 1 aliphatic rings. The van der Waals surface area contributed by atoms with E-state index < -0.39 is 24.1 Å². The van der Waals surface area contributed by atoms with Crippen molar-refractivity contribution in [2.24, 2.45) is 0 Å². The zero-order valence-electron chi connectivity index (χ0n) is 13.0. The molecule has 7 nitrogen and oxygen atoms in total. The van der Waals surface area contributed by atoms with Crippen LogP contribution in [0.1, 0.15) is 40.0 Å². The predicted molar refractivity (Wildman–Crippen MR) is 77.9 cm³/mol. The smallest absolute Gasteiger partial charge is 0.323 e. The van der Waals surface area contributed by atoms with E-state index in [1.807, 2.05) is 0 Å². The lowest BCUT2D eigenvalue weighted by molar-refractivity contribution is -0.138. The first-order valence-electron chi connectivity index (χ1n) is 7.27. The highest BCUT2D eigenvalue weighted by molar-refractivity contribution is 5.86. The molecule has 0 radical (unpaired) electrons. The molecule has 0 atom stereocenters. The Morgan fingerprint density at radius 3 is 2.19 bits per heavy atom. The SMILES string of the molecule is CC(C)(C)N(CC(=O)O)C(=O)NCC(=O)N1CCCCC1. The minimum absolute atomic E-state index is 0.0922. The molecule has 0 aromatic heterocycles. The molecule has 1 rings (SSSR count). The second kappa shape index (κ2) is 7.28. The highest BCUT2D eigenvalue weighted by Crippen LogP contribution is 2.13. The summed E-state index contributed by atoms with van der Waals surface area (Å²) in [5, 5.41) is 11.4. The van der Waals surface area contributed by atoms with Crippen LogP contribution in [0.3, 0.4) is 0 Å². The lowest BCUT2D eigenvalue weighted by Crippen LogP contribution is -2.54. The van der Waals surface area contributed by atoms with Crippen molar-refractivity contribution < 1.29 is 19.5 Å². The molecule has 0 aliphatic carbocycles. The summed E-state index contributed by atoms with van der Waals surface area (Å²) in [6, 6.07) is -0.532. The molecule has 2 N–H and O–H groups in total. The van der Waals surface area contributed by atoms with Gasteiger partial charge in [-0.1, -0.05) is 0 Å². The lowest BCUT2D eigenvalue weighted by atomic mass is 10.1. The van der Waals surface area contributed by atoms with E-state index in [0.717, 1.165) is 32.4 Å². The van der Waals surface area contributed by atoms with Gasteiger partial charge in [0.2, 0.25) is 5.91 Å². The molecule has 1 fully saturated rings. The van der Waals surface area contributed by atoms with Gasteiger partial charge in [-0.05, 0) is 40.0 Å². The highest BCUT2D eigenvalue weighted by Gasteiger charge is 2.29. The maximum atomic E-state index is 12.1. The number of carboxylic acid groups (broad SMARTS) is 1. The van der Waals surface area contributed by atoms with Crippen LogP contribution in [0.2, 0.25) is 0 Å². The standard InChI is InChI=1S/C14H25N3O4/c1-14(2,3)17(10-12(19)20)13(21)15-9-11(18)16-7-5-4-6-8-16/h4-10H2,1-3H3,(H,15,21)(H,19,20). The molecule has 0 spiro atoms. The van der Waals surface area contributed by atoms with Gasteiger partial charge in [0.25, 0.3) is 0 Å². The molecule has 1 heterocycles. The summed E-state index contributed by atoms with van der Waals surface area (Å²) in [5.41, 5.74) is -0.628. The second-order valence-electron chi connectivity index (χ2n) is 6.25. The first-order chi connectivity index (χ1) is 9.71. The van der Waals surface area contributed by atoms with Gasteiger partial charge in [0, 0.05) is 18.6 Å². The molecule has 0 aromatic carbocycles. The van der Waals surface area contributed by atoms with Crippen LogP contribution < -0.4 is 5.32 Å². The average Bonchev–Trinajstić information content (AvgIpc) is 2.41. The first kappa shape index (κ1) is 17.3. The lowest BCUT2D eigenvalue weighted by Gasteiger charge is -2.34. The van der Waals surface area contributed by atoms with Crippen LogP contribution in [0.25, 0.3) is 0 Å². The number of carbonyl (C=O) groups excluding carboxylic acids is 2. The van der Waals surface area contributed by atoms with Crippen LogP contribution in [-0.4, -0.2) is 64.5 Å². The number of amides is 3. The molecule has 0 saturated carbocycles. The van der Waals surface area contributed by atoms with E-state index in [4.69, 9.17) is 5.11 Å². The molecule has 0 unspecified atom stereocenters. The van der Waals surface area contributed by atoms with E-state index in [0.29, 0.717) is 0 Å². The van der Waals surface area contributed by atoms with Crippen molar-refractivity contribution in [2.45, 2.75) is 45.6 Å². The Bertz CT molecular complexity index is 398. The minimum Gasteiger partial charge on any atom is -0.480 e. The maximum absolute atomic E-state index is 12.1. The van der Waals surface area contributed by atoms with Gasteiger partial charge in [0.05, 0.1) is 6.54 Å². The molecule has 21 heavy (non-hydrogen) atoms. The molecule has 7 heteroatoms. The minimum atomic E-state index is -1.08. The molecule has 1 aliphatic heterocycles. The summed E-state index contributed by atoms with van der Waals surface area (Å²) in [4.78, 5) is 37.9. The van der Waals surface area contributed by atoms with Crippen LogP contribution in [0.5, 0.6) is 0 Å². The van der Waals surface area contributed by atoms with Gasteiger partial charge in [-0.15, -0.1) is 0 Å². The number of nitrogens with one attached hydrogen (secondary N) is 1. The molecular formula is C14H25N3O4. The van der Waals surface area contributed by atoms with E-state index in [2.05, 4.69) is 5.32 Å². The van der Waals surface area contributed by atoms with E-state index in [1.165, 1.54) is 4.90 Å². The van der Waals surface area contributed by atoms with Crippen LogP contribution in [0.4, 0.5) is 4.79 Å². The van der Waals surface area contributed by atoms with Crippen LogP contribution in [-0.2, 0) is 9.59 Å². The number of rotatable bonds is 4. The number of urea groups is 1. The number of aliphatic carboxylic acids is 1. The Kier molecular flexibility index (Phi) is 5.99. The van der Waals surface area contributed by atoms with Crippen LogP contribution in [0, 0.1) is 0 Å². The van der Waals surface area contributed by atoms with Gasteiger partial charge in [0.15, 0.2) is 0 Å². The van der Waals surface area contributed by atoms with Gasteiger partial charge >= 0.3 is 12.0 Å². The number of carbonyl (C=O) groups is 3. The van der Waals surface area contributed by atoms with E-state index >= 15 is 0 Å². The number of nitrogens with zero attached hydrogens (tertiary/aromatic N) is 2. The predicted octanol–water partition coefficient (Wildman–Crippen LogP) is 0.894. The normalized spacial score (nSPS) is 15.5. The average molecular weight is 299 g/mol. The quantitative estimate of drug-likeness (QED) is 0.807. The third-order valence-electron chi connectivity index (χ3n) is 3.45. The van der Waals surface area contributed by atoms with Crippen molar-refractivity contribution in [1.82, 2.24) is 15.1 Å².